The van der Waals surface area contributed by atoms with Gasteiger partial charge < -0.3 is 9.42 Å². The average molecular weight is 388 g/mol. The molecule has 0 aliphatic carbocycles. The van der Waals surface area contributed by atoms with Crippen LogP contribution in [0.1, 0.15) is 29.1 Å². The van der Waals surface area contributed by atoms with Gasteiger partial charge in [0, 0.05) is 25.4 Å². The SMILES string of the molecule is Cc1noc(C)c1-c1cncc(C[C@H]2CCN(C(=O)/C=C/c3ccccc3)C2)n1. The third-order valence-corrected chi connectivity index (χ3v) is 5.29. The number of benzene rings is 1. The number of carbonyl (C=O) groups excluding carboxylic acids is 1. The molecule has 1 aromatic carbocycles. The van der Waals surface area contributed by atoms with Gasteiger partial charge >= 0.3 is 0 Å². The molecular formula is C23H24N4O2. The maximum absolute atomic E-state index is 12.5. The van der Waals surface area contributed by atoms with Gasteiger partial charge in [0.1, 0.15) is 5.76 Å². The van der Waals surface area contributed by atoms with Crippen LogP contribution in [0.25, 0.3) is 17.3 Å². The fourth-order valence-electron chi connectivity index (χ4n) is 3.81. The molecule has 0 unspecified atom stereocenters. The first kappa shape index (κ1) is 19.1. The van der Waals surface area contributed by atoms with Crippen molar-refractivity contribution in [3.05, 3.63) is 71.5 Å². The van der Waals surface area contributed by atoms with Crippen LogP contribution >= 0.6 is 0 Å². The molecule has 1 amide bonds. The minimum Gasteiger partial charge on any atom is -0.361 e. The molecule has 0 N–H and O–H groups in total. The topological polar surface area (TPSA) is 72.1 Å². The Morgan fingerprint density at radius 2 is 2.07 bits per heavy atom. The molecule has 3 heterocycles. The first-order chi connectivity index (χ1) is 14.1. The monoisotopic (exact) mass is 388 g/mol. The lowest BCUT2D eigenvalue weighted by molar-refractivity contribution is -0.125. The van der Waals surface area contributed by atoms with E-state index in [0.29, 0.717) is 5.92 Å². The molecular weight excluding hydrogens is 364 g/mol. The summed E-state index contributed by atoms with van der Waals surface area (Å²) in [5, 5.41) is 4.00. The Morgan fingerprint density at radius 1 is 1.24 bits per heavy atom. The number of carbonyl (C=O) groups is 1. The summed E-state index contributed by atoms with van der Waals surface area (Å²) in [6.45, 7) is 5.31. The smallest absolute Gasteiger partial charge is 0.246 e. The normalized spacial score (nSPS) is 16.6. The predicted octanol–water partition coefficient (Wildman–Crippen LogP) is 3.85. The van der Waals surface area contributed by atoms with Gasteiger partial charge in [-0.3, -0.25) is 9.78 Å². The molecule has 0 spiro atoms. The Morgan fingerprint density at radius 3 is 2.83 bits per heavy atom. The minimum absolute atomic E-state index is 0.0620. The van der Waals surface area contributed by atoms with Crippen molar-refractivity contribution in [3.8, 4) is 11.3 Å². The molecule has 1 fully saturated rings. The third kappa shape index (κ3) is 4.42. The van der Waals surface area contributed by atoms with Gasteiger partial charge in [0.15, 0.2) is 0 Å². The van der Waals surface area contributed by atoms with Crippen molar-refractivity contribution >= 4 is 12.0 Å². The standard InChI is InChI=1S/C23H24N4O2/c1-16-23(17(2)29-26-16)21-14-24-13-20(25-21)12-19-10-11-27(15-19)22(28)9-8-18-6-4-3-5-7-18/h3-9,13-14,19H,10-12,15H2,1-2H3/b9-8+/t19-/m1/s1. The van der Waals surface area contributed by atoms with Crippen LogP contribution in [0.2, 0.25) is 0 Å². The second-order valence-electron chi connectivity index (χ2n) is 7.48. The molecule has 1 atom stereocenters. The number of aryl methyl sites for hydroxylation is 2. The molecule has 0 bridgehead atoms. The number of nitrogens with zero attached hydrogens (tertiary/aromatic N) is 4. The number of likely N-dealkylation sites (tertiary alicyclic amines) is 1. The molecule has 0 radical (unpaired) electrons. The Bertz CT molecular complexity index is 1010. The highest BCUT2D eigenvalue weighted by Gasteiger charge is 2.26. The molecule has 1 aliphatic heterocycles. The zero-order valence-corrected chi connectivity index (χ0v) is 16.7. The Kier molecular flexibility index (Phi) is 5.51. The number of rotatable bonds is 5. The van der Waals surface area contributed by atoms with Gasteiger partial charge in [-0.25, -0.2) is 4.98 Å². The lowest BCUT2D eigenvalue weighted by atomic mass is 10.0. The maximum Gasteiger partial charge on any atom is 0.246 e. The first-order valence-corrected chi connectivity index (χ1v) is 9.86. The van der Waals surface area contributed by atoms with Gasteiger partial charge in [0.05, 0.1) is 28.8 Å². The highest BCUT2D eigenvalue weighted by Crippen LogP contribution is 2.26. The number of hydrogen-bond donors (Lipinski definition) is 0. The van der Waals surface area contributed by atoms with E-state index in [4.69, 9.17) is 9.51 Å². The van der Waals surface area contributed by atoms with Crippen molar-refractivity contribution in [1.29, 1.82) is 0 Å². The van der Waals surface area contributed by atoms with E-state index in [1.54, 1.807) is 12.3 Å². The van der Waals surface area contributed by atoms with Crippen molar-refractivity contribution in [2.75, 3.05) is 13.1 Å². The second-order valence-corrected chi connectivity index (χ2v) is 7.48. The Labute approximate surface area is 170 Å². The van der Waals surface area contributed by atoms with E-state index in [1.807, 2.05) is 61.4 Å². The fraction of sp³-hybridized carbons (Fsp3) is 0.304. The summed E-state index contributed by atoms with van der Waals surface area (Å²) >= 11 is 0. The van der Waals surface area contributed by atoms with Crippen LogP contribution in [0.15, 0.2) is 53.3 Å². The molecule has 148 valence electrons. The van der Waals surface area contributed by atoms with Crippen LogP contribution in [0, 0.1) is 19.8 Å². The van der Waals surface area contributed by atoms with Gasteiger partial charge in [0.25, 0.3) is 0 Å². The zero-order chi connectivity index (χ0) is 20.2. The van der Waals surface area contributed by atoms with Gasteiger partial charge in [0.2, 0.25) is 5.91 Å². The van der Waals surface area contributed by atoms with E-state index in [9.17, 15) is 4.79 Å². The molecule has 2 aromatic heterocycles. The molecule has 6 heteroatoms. The van der Waals surface area contributed by atoms with Crippen molar-refractivity contribution in [3.63, 3.8) is 0 Å². The van der Waals surface area contributed by atoms with Gasteiger partial charge in [-0.05, 0) is 44.2 Å². The second kappa shape index (κ2) is 8.39. The molecule has 1 aliphatic rings. The van der Waals surface area contributed by atoms with E-state index < -0.39 is 0 Å². The van der Waals surface area contributed by atoms with Crippen molar-refractivity contribution in [2.24, 2.45) is 5.92 Å². The highest BCUT2D eigenvalue weighted by atomic mass is 16.5. The van der Waals surface area contributed by atoms with Crippen LogP contribution in [0.5, 0.6) is 0 Å². The van der Waals surface area contributed by atoms with E-state index >= 15 is 0 Å². The van der Waals surface area contributed by atoms with Crippen LogP contribution in [-0.4, -0.2) is 39.0 Å². The summed E-state index contributed by atoms with van der Waals surface area (Å²) in [6.07, 6.45) is 8.86. The summed E-state index contributed by atoms with van der Waals surface area (Å²) in [6, 6.07) is 9.87. The molecule has 3 aromatic rings. The minimum atomic E-state index is 0.0620. The molecule has 6 nitrogen and oxygen atoms in total. The van der Waals surface area contributed by atoms with Crippen LogP contribution < -0.4 is 0 Å². The molecule has 29 heavy (non-hydrogen) atoms. The van der Waals surface area contributed by atoms with Crippen LogP contribution in [0.3, 0.4) is 0 Å². The van der Waals surface area contributed by atoms with Gasteiger partial charge in [-0.1, -0.05) is 35.5 Å². The van der Waals surface area contributed by atoms with Gasteiger partial charge in [-0.15, -0.1) is 0 Å². The highest BCUT2D eigenvalue weighted by molar-refractivity contribution is 5.91. The molecule has 4 rings (SSSR count). The number of amides is 1. The van der Waals surface area contributed by atoms with E-state index in [-0.39, 0.29) is 5.91 Å². The van der Waals surface area contributed by atoms with Crippen molar-refractivity contribution in [2.45, 2.75) is 26.7 Å². The van der Waals surface area contributed by atoms with Crippen molar-refractivity contribution in [1.82, 2.24) is 20.0 Å². The lowest BCUT2D eigenvalue weighted by Gasteiger charge is -2.14. The first-order valence-electron chi connectivity index (χ1n) is 9.86. The Balaban J connectivity index is 1.39. The summed E-state index contributed by atoms with van der Waals surface area (Å²) < 4.78 is 5.25. The Hall–Kier alpha value is -3.28. The fourth-order valence-corrected chi connectivity index (χ4v) is 3.81. The van der Waals surface area contributed by atoms with Crippen LogP contribution in [-0.2, 0) is 11.2 Å². The quantitative estimate of drug-likeness (QED) is 0.621. The summed E-state index contributed by atoms with van der Waals surface area (Å²) in [7, 11) is 0. The molecule has 0 saturated carbocycles. The average Bonchev–Trinajstić information content (AvgIpc) is 3.33. The number of hydrogen-bond acceptors (Lipinski definition) is 5. The summed E-state index contributed by atoms with van der Waals surface area (Å²) in [5.74, 6) is 1.20. The maximum atomic E-state index is 12.5. The van der Waals surface area contributed by atoms with E-state index in [0.717, 1.165) is 59.9 Å². The zero-order valence-electron chi connectivity index (χ0n) is 16.7. The van der Waals surface area contributed by atoms with Crippen molar-refractivity contribution < 1.29 is 9.32 Å². The van der Waals surface area contributed by atoms with E-state index in [2.05, 4.69) is 10.1 Å². The summed E-state index contributed by atoms with van der Waals surface area (Å²) in [5.41, 5.74) is 4.48. The van der Waals surface area contributed by atoms with Gasteiger partial charge in [-0.2, -0.15) is 0 Å². The van der Waals surface area contributed by atoms with Crippen LogP contribution in [0.4, 0.5) is 0 Å². The lowest BCUT2D eigenvalue weighted by Crippen LogP contribution is -2.27. The third-order valence-electron chi connectivity index (χ3n) is 5.29. The summed E-state index contributed by atoms with van der Waals surface area (Å²) in [4.78, 5) is 23.5. The molecule has 1 saturated heterocycles. The largest absolute Gasteiger partial charge is 0.361 e. The predicted molar refractivity (Wildman–Crippen MR) is 111 cm³/mol. The number of aromatic nitrogens is 3. The van der Waals surface area contributed by atoms with E-state index in [1.165, 1.54) is 0 Å².